The van der Waals surface area contributed by atoms with Crippen molar-refractivity contribution in [2.24, 2.45) is 0 Å². The Morgan fingerprint density at radius 1 is 1.40 bits per heavy atom. The molecule has 0 bridgehead atoms. The highest BCUT2D eigenvalue weighted by atomic mass is 15.0. The molecule has 0 radical (unpaired) electrons. The van der Waals surface area contributed by atoms with Crippen LogP contribution in [0, 0.1) is 13.3 Å². The molecule has 15 heavy (non-hydrogen) atoms. The van der Waals surface area contributed by atoms with Crippen molar-refractivity contribution in [3.8, 4) is 0 Å². The molecule has 0 aliphatic heterocycles. The van der Waals surface area contributed by atoms with Gasteiger partial charge in [0.2, 0.25) is 0 Å². The zero-order chi connectivity index (χ0) is 11.1. The van der Waals surface area contributed by atoms with Gasteiger partial charge in [-0.15, -0.1) is 0 Å². The summed E-state index contributed by atoms with van der Waals surface area (Å²) in [6, 6.07) is 8.75. The maximum atomic E-state index is 2.34. The lowest BCUT2D eigenvalue weighted by Gasteiger charge is -2.01. The summed E-state index contributed by atoms with van der Waals surface area (Å²) < 4.78 is 2.34. The number of benzene rings is 1. The fraction of sp³-hybridized carbons (Fsp3) is 0.429. The van der Waals surface area contributed by atoms with Gasteiger partial charge in [0.05, 0.1) is 6.92 Å². The molecule has 0 aliphatic carbocycles. The molecular formula is C14H21N+2. The normalized spacial score (nSPS) is 11.5. The van der Waals surface area contributed by atoms with E-state index in [9.17, 15) is 0 Å². The molecule has 0 amide bonds. The van der Waals surface area contributed by atoms with Gasteiger partial charge in [-0.1, -0.05) is 29.8 Å². The first kappa shape index (κ1) is 11.8. The predicted molar refractivity (Wildman–Crippen MR) is 66.6 cm³/mol. The lowest BCUT2D eigenvalue weighted by Crippen LogP contribution is -2.17. The van der Waals surface area contributed by atoms with E-state index in [2.05, 4.69) is 62.2 Å². The Kier molecular flexibility index (Phi) is 4.96. The molecule has 0 aliphatic rings. The van der Waals surface area contributed by atoms with Gasteiger partial charge in [0.25, 0.3) is 6.54 Å². The Morgan fingerprint density at radius 3 is 2.80 bits per heavy atom. The summed E-state index contributed by atoms with van der Waals surface area (Å²) in [5, 5.41) is 0. The minimum atomic E-state index is 1.04. The summed E-state index contributed by atoms with van der Waals surface area (Å²) in [5.41, 5.74) is 2.78. The second kappa shape index (κ2) is 6.28. The molecule has 1 aromatic carbocycles. The van der Waals surface area contributed by atoms with Gasteiger partial charge in [0, 0.05) is 13.3 Å². The number of hydrogen-bond donors (Lipinski definition) is 0. The number of aryl methyl sites for hydroxylation is 1. The Bertz CT molecular complexity index is 326. The third-order valence-corrected chi connectivity index (χ3v) is 2.55. The van der Waals surface area contributed by atoms with Crippen molar-refractivity contribution in [1.29, 1.82) is 0 Å². The summed E-state index contributed by atoms with van der Waals surface area (Å²) in [5.74, 6) is 0. The first-order valence-electron chi connectivity index (χ1n) is 5.63. The molecule has 1 aromatic rings. The highest BCUT2D eigenvalue weighted by molar-refractivity contribution is 5.46. The quantitative estimate of drug-likeness (QED) is 0.393. The maximum Gasteiger partial charge on any atom is 0.273 e. The SMILES string of the molecule is CC=[N+](C[CH+]C)CCc1cccc(C)c1. The van der Waals surface area contributed by atoms with Crippen molar-refractivity contribution >= 4 is 6.21 Å². The molecule has 1 nitrogen and oxygen atoms in total. The summed E-state index contributed by atoms with van der Waals surface area (Å²) >= 11 is 0. The molecule has 0 aromatic heterocycles. The Morgan fingerprint density at radius 2 is 2.20 bits per heavy atom. The molecule has 0 spiro atoms. The van der Waals surface area contributed by atoms with Crippen LogP contribution in [0.4, 0.5) is 0 Å². The third kappa shape index (κ3) is 4.20. The van der Waals surface area contributed by atoms with E-state index in [4.69, 9.17) is 0 Å². The van der Waals surface area contributed by atoms with Gasteiger partial charge >= 0.3 is 0 Å². The molecule has 0 saturated carbocycles. The van der Waals surface area contributed by atoms with Crippen LogP contribution in [0.5, 0.6) is 0 Å². The first-order valence-corrected chi connectivity index (χ1v) is 5.63. The van der Waals surface area contributed by atoms with E-state index in [-0.39, 0.29) is 0 Å². The minimum Gasteiger partial charge on any atom is -0.200 e. The minimum absolute atomic E-state index is 1.04. The van der Waals surface area contributed by atoms with Crippen LogP contribution in [-0.4, -0.2) is 23.9 Å². The van der Waals surface area contributed by atoms with Crippen molar-refractivity contribution in [1.82, 2.24) is 0 Å². The van der Waals surface area contributed by atoms with Crippen LogP contribution in [-0.2, 0) is 6.42 Å². The maximum absolute atomic E-state index is 2.34. The van der Waals surface area contributed by atoms with E-state index in [1.165, 1.54) is 11.1 Å². The first-order chi connectivity index (χ1) is 7.26. The van der Waals surface area contributed by atoms with Crippen LogP contribution < -0.4 is 0 Å². The summed E-state index contributed by atoms with van der Waals surface area (Å²) in [6.07, 6.45) is 5.48. The number of nitrogens with zero attached hydrogens (tertiary/aromatic N) is 1. The molecule has 1 heteroatoms. The van der Waals surface area contributed by atoms with Gasteiger partial charge in [0.1, 0.15) is 12.6 Å². The highest BCUT2D eigenvalue weighted by Gasteiger charge is 2.05. The van der Waals surface area contributed by atoms with Crippen molar-refractivity contribution in [2.75, 3.05) is 13.1 Å². The fourth-order valence-electron chi connectivity index (χ4n) is 1.70. The predicted octanol–water partition coefficient (Wildman–Crippen LogP) is 2.86. The fourth-order valence-corrected chi connectivity index (χ4v) is 1.70. The van der Waals surface area contributed by atoms with E-state index < -0.39 is 0 Å². The molecular weight excluding hydrogens is 182 g/mol. The monoisotopic (exact) mass is 203 g/mol. The highest BCUT2D eigenvalue weighted by Crippen LogP contribution is 2.04. The van der Waals surface area contributed by atoms with E-state index >= 15 is 0 Å². The second-order valence-electron chi connectivity index (χ2n) is 3.90. The Hall–Kier alpha value is -1.24. The van der Waals surface area contributed by atoms with E-state index in [1.54, 1.807) is 0 Å². The van der Waals surface area contributed by atoms with Crippen LogP contribution in [0.3, 0.4) is 0 Å². The molecule has 0 unspecified atom stereocenters. The van der Waals surface area contributed by atoms with Gasteiger partial charge in [-0.05, 0) is 12.5 Å². The van der Waals surface area contributed by atoms with Crippen LogP contribution in [0.1, 0.15) is 25.0 Å². The molecule has 0 fully saturated rings. The van der Waals surface area contributed by atoms with Crippen LogP contribution in [0.2, 0.25) is 0 Å². The standard InChI is InChI=1S/C14H21N/c1-4-10-15(5-2)11-9-14-8-6-7-13(3)12-14/h4-8,12H,9-11H2,1-3H3/q+2. The molecule has 0 N–H and O–H groups in total. The van der Waals surface area contributed by atoms with Gasteiger partial charge < -0.3 is 0 Å². The van der Waals surface area contributed by atoms with Crippen LogP contribution in [0.25, 0.3) is 0 Å². The van der Waals surface area contributed by atoms with Gasteiger partial charge in [-0.2, -0.15) is 0 Å². The number of rotatable bonds is 5. The van der Waals surface area contributed by atoms with Crippen molar-refractivity contribution in [2.45, 2.75) is 27.2 Å². The van der Waals surface area contributed by atoms with Crippen molar-refractivity contribution in [3.05, 3.63) is 41.8 Å². The lowest BCUT2D eigenvalue weighted by molar-refractivity contribution is -0.516. The largest absolute Gasteiger partial charge is 0.273 e. The molecule has 0 saturated heterocycles. The van der Waals surface area contributed by atoms with E-state index in [1.807, 2.05) is 0 Å². The Balaban J connectivity index is 2.49. The van der Waals surface area contributed by atoms with Crippen LogP contribution in [0.15, 0.2) is 24.3 Å². The van der Waals surface area contributed by atoms with Crippen molar-refractivity contribution in [3.63, 3.8) is 0 Å². The number of hydrogen-bond acceptors (Lipinski definition) is 0. The van der Waals surface area contributed by atoms with E-state index in [0.717, 1.165) is 19.5 Å². The Labute approximate surface area is 93.5 Å². The molecule has 1 rings (SSSR count). The summed E-state index contributed by atoms with van der Waals surface area (Å²) in [6.45, 7) is 8.49. The summed E-state index contributed by atoms with van der Waals surface area (Å²) in [4.78, 5) is 0. The smallest absolute Gasteiger partial charge is 0.200 e. The van der Waals surface area contributed by atoms with Gasteiger partial charge in [0.15, 0.2) is 6.54 Å². The topological polar surface area (TPSA) is 3.01 Å². The van der Waals surface area contributed by atoms with Gasteiger partial charge in [-0.3, -0.25) is 0 Å². The molecule has 0 heterocycles. The van der Waals surface area contributed by atoms with Crippen LogP contribution >= 0.6 is 0 Å². The lowest BCUT2D eigenvalue weighted by atomic mass is 10.1. The average Bonchev–Trinajstić information content (AvgIpc) is 2.24. The average molecular weight is 203 g/mol. The zero-order valence-corrected chi connectivity index (χ0v) is 10.0. The van der Waals surface area contributed by atoms with Crippen molar-refractivity contribution < 1.29 is 4.58 Å². The van der Waals surface area contributed by atoms with E-state index in [0.29, 0.717) is 0 Å². The summed E-state index contributed by atoms with van der Waals surface area (Å²) in [7, 11) is 0. The second-order valence-corrected chi connectivity index (χ2v) is 3.90. The third-order valence-electron chi connectivity index (χ3n) is 2.55. The zero-order valence-electron chi connectivity index (χ0n) is 10.0. The van der Waals surface area contributed by atoms with Gasteiger partial charge in [-0.25, -0.2) is 4.58 Å². The molecule has 0 atom stereocenters. The molecule has 80 valence electrons.